The molecular formula is C21H29BF3NO3. The second-order valence-corrected chi connectivity index (χ2v) is 9.34. The summed E-state index contributed by atoms with van der Waals surface area (Å²) in [6, 6.07) is 5.51. The maximum absolute atomic E-state index is 12.6. The Bertz CT molecular complexity index is 763. The fourth-order valence-electron chi connectivity index (χ4n) is 4.01. The van der Waals surface area contributed by atoms with Crippen molar-refractivity contribution in [3.8, 4) is 0 Å². The molecule has 1 amide bonds. The van der Waals surface area contributed by atoms with Crippen LogP contribution in [0, 0.1) is 18.8 Å². The highest BCUT2D eigenvalue weighted by atomic mass is 19.4. The van der Waals surface area contributed by atoms with Crippen molar-refractivity contribution in [2.45, 2.75) is 77.7 Å². The van der Waals surface area contributed by atoms with Gasteiger partial charge in [-0.05, 0) is 77.4 Å². The molecule has 2 unspecified atom stereocenters. The molecule has 3 rings (SSSR count). The van der Waals surface area contributed by atoms with Gasteiger partial charge in [-0.15, -0.1) is 0 Å². The number of anilines is 1. The van der Waals surface area contributed by atoms with Crippen molar-refractivity contribution in [2.75, 3.05) is 5.32 Å². The van der Waals surface area contributed by atoms with Crippen molar-refractivity contribution in [3.63, 3.8) is 0 Å². The molecule has 0 aromatic heterocycles. The molecule has 1 N–H and O–H groups in total. The van der Waals surface area contributed by atoms with Crippen LogP contribution in [0.3, 0.4) is 0 Å². The summed E-state index contributed by atoms with van der Waals surface area (Å²) in [5, 5.41) is 2.87. The van der Waals surface area contributed by atoms with E-state index in [1.807, 2.05) is 46.8 Å². The van der Waals surface area contributed by atoms with Crippen LogP contribution in [0.5, 0.6) is 0 Å². The minimum absolute atomic E-state index is 0.224. The third-order valence-corrected chi connectivity index (χ3v) is 6.49. The Morgan fingerprint density at radius 3 is 2.38 bits per heavy atom. The van der Waals surface area contributed by atoms with Crippen molar-refractivity contribution >= 4 is 24.2 Å². The zero-order chi connectivity index (χ0) is 21.6. The molecule has 1 aromatic carbocycles. The minimum Gasteiger partial charge on any atom is -0.399 e. The third-order valence-electron chi connectivity index (χ3n) is 6.49. The van der Waals surface area contributed by atoms with Crippen molar-refractivity contribution in [3.05, 3.63) is 23.8 Å². The normalized spacial score (nSPS) is 26.0. The maximum atomic E-state index is 12.6. The van der Waals surface area contributed by atoms with Crippen LogP contribution in [0.2, 0.25) is 0 Å². The van der Waals surface area contributed by atoms with Gasteiger partial charge in [-0.25, -0.2) is 0 Å². The predicted molar refractivity (Wildman–Crippen MR) is 107 cm³/mol. The summed E-state index contributed by atoms with van der Waals surface area (Å²) in [7, 11) is -0.542. The first-order valence-corrected chi connectivity index (χ1v) is 10.1. The lowest BCUT2D eigenvalue weighted by Gasteiger charge is -2.32. The van der Waals surface area contributed by atoms with E-state index in [0.717, 1.165) is 11.0 Å². The highest BCUT2D eigenvalue weighted by molar-refractivity contribution is 6.62. The third kappa shape index (κ3) is 4.97. The first kappa shape index (κ1) is 22.2. The highest BCUT2D eigenvalue weighted by Gasteiger charge is 2.52. The second-order valence-electron chi connectivity index (χ2n) is 9.34. The van der Waals surface area contributed by atoms with Gasteiger partial charge in [0.2, 0.25) is 5.91 Å². The number of rotatable bonds is 4. The molecule has 1 saturated heterocycles. The predicted octanol–water partition coefficient (Wildman–Crippen LogP) is 4.60. The van der Waals surface area contributed by atoms with Crippen molar-refractivity contribution in [1.82, 2.24) is 0 Å². The lowest BCUT2D eigenvalue weighted by molar-refractivity contribution is -0.144. The van der Waals surface area contributed by atoms with Gasteiger partial charge in [0.15, 0.2) is 0 Å². The number of hydrogen-bond acceptors (Lipinski definition) is 3. The summed E-state index contributed by atoms with van der Waals surface area (Å²) in [4.78, 5) is 12.6. The fourth-order valence-corrected chi connectivity index (χ4v) is 4.01. The number of carbonyl (C=O) groups is 1. The molecule has 160 valence electrons. The van der Waals surface area contributed by atoms with E-state index < -0.39 is 36.8 Å². The van der Waals surface area contributed by atoms with Crippen LogP contribution in [-0.4, -0.2) is 30.4 Å². The monoisotopic (exact) mass is 411 g/mol. The van der Waals surface area contributed by atoms with Gasteiger partial charge in [-0.1, -0.05) is 11.6 Å². The minimum atomic E-state index is -4.18. The Morgan fingerprint density at radius 2 is 1.79 bits per heavy atom. The highest BCUT2D eigenvalue weighted by Crippen LogP contribution is 2.39. The van der Waals surface area contributed by atoms with Crippen LogP contribution in [0.15, 0.2) is 18.2 Å². The summed E-state index contributed by atoms with van der Waals surface area (Å²) >= 11 is 0. The maximum Gasteiger partial charge on any atom is 0.495 e. The number of alkyl halides is 3. The molecular weight excluding hydrogens is 382 g/mol. The zero-order valence-corrected chi connectivity index (χ0v) is 17.7. The van der Waals surface area contributed by atoms with Gasteiger partial charge in [-0.3, -0.25) is 4.79 Å². The summed E-state index contributed by atoms with van der Waals surface area (Å²) in [6.45, 7) is 9.86. The number of benzene rings is 1. The molecule has 8 heteroatoms. The largest absolute Gasteiger partial charge is 0.495 e. The van der Waals surface area contributed by atoms with E-state index in [4.69, 9.17) is 9.31 Å². The van der Waals surface area contributed by atoms with Crippen LogP contribution >= 0.6 is 0 Å². The van der Waals surface area contributed by atoms with Gasteiger partial charge in [0.1, 0.15) is 0 Å². The first-order valence-electron chi connectivity index (χ1n) is 10.1. The molecule has 1 aromatic rings. The number of carbonyl (C=O) groups excluding carboxylic acids is 1. The van der Waals surface area contributed by atoms with E-state index in [1.165, 1.54) is 0 Å². The molecule has 1 aliphatic heterocycles. The molecule has 1 saturated carbocycles. The molecule has 2 atom stereocenters. The number of nitrogens with one attached hydrogen (secondary N) is 1. The fraction of sp³-hybridized carbons (Fsp3) is 0.667. The van der Waals surface area contributed by atoms with Gasteiger partial charge in [0, 0.05) is 18.0 Å². The summed E-state index contributed by atoms with van der Waals surface area (Å²) in [6.07, 6.45) is -3.79. The van der Waals surface area contributed by atoms with E-state index in [2.05, 4.69) is 5.32 Å². The summed E-state index contributed by atoms with van der Waals surface area (Å²) in [5.74, 6) is -1.08. The van der Waals surface area contributed by atoms with Gasteiger partial charge < -0.3 is 14.6 Å². The van der Waals surface area contributed by atoms with Gasteiger partial charge in [0.05, 0.1) is 11.2 Å². The van der Waals surface area contributed by atoms with Crippen molar-refractivity contribution in [2.24, 2.45) is 11.8 Å². The van der Waals surface area contributed by atoms with E-state index >= 15 is 0 Å². The molecule has 1 heterocycles. The van der Waals surface area contributed by atoms with Crippen LogP contribution in [0.25, 0.3) is 0 Å². The van der Waals surface area contributed by atoms with Crippen LogP contribution in [-0.2, 0) is 14.1 Å². The van der Waals surface area contributed by atoms with E-state index in [-0.39, 0.29) is 18.2 Å². The molecule has 0 bridgehead atoms. The first-order chi connectivity index (χ1) is 13.3. The Kier molecular flexibility index (Phi) is 5.82. The molecule has 0 radical (unpaired) electrons. The molecule has 1 aliphatic carbocycles. The Morgan fingerprint density at radius 1 is 1.17 bits per heavy atom. The lowest BCUT2D eigenvalue weighted by Crippen LogP contribution is -2.41. The summed E-state index contributed by atoms with van der Waals surface area (Å²) in [5.41, 5.74) is 1.47. The zero-order valence-electron chi connectivity index (χ0n) is 17.7. The molecule has 2 aliphatic rings. The van der Waals surface area contributed by atoms with E-state index in [0.29, 0.717) is 18.5 Å². The van der Waals surface area contributed by atoms with Crippen molar-refractivity contribution in [1.29, 1.82) is 0 Å². The van der Waals surface area contributed by atoms with Crippen LogP contribution < -0.4 is 10.8 Å². The Balaban J connectivity index is 1.67. The molecule has 29 heavy (non-hydrogen) atoms. The van der Waals surface area contributed by atoms with Gasteiger partial charge in [-0.2, -0.15) is 13.2 Å². The Hall–Kier alpha value is -1.54. The lowest BCUT2D eigenvalue weighted by atomic mass is 9.76. The second kappa shape index (κ2) is 7.62. The molecule has 2 fully saturated rings. The topological polar surface area (TPSA) is 47.6 Å². The average molecular weight is 411 g/mol. The van der Waals surface area contributed by atoms with Gasteiger partial charge >= 0.3 is 13.3 Å². The summed E-state index contributed by atoms with van der Waals surface area (Å²) < 4.78 is 50.0. The van der Waals surface area contributed by atoms with E-state index in [9.17, 15) is 18.0 Å². The van der Waals surface area contributed by atoms with Crippen LogP contribution in [0.4, 0.5) is 18.9 Å². The quantitative estimate of drug-likeness (QED) is 0.737. The van der Waals surface area contributed by atoms with Crippen molar-refractivity contribution < 1.29 is 27.3 Å². The smallest absolute Gasteiger partial charge is 0.399 e. The number of amides is 1. The van der Waals surface area contributed by atoms with Crippen LogP contribution in [0.1, 0.15) is 58.9 Å². The SMILES string of the molecule is Cc1ccc(NC(=O)C2CCC(CC(F)(F)F)C2)cc1B1OC(C)(C)C(C)(C)O1. The molecule has 0 spiro atoms. The molecule has 4 nitrogen and oxygen atoms in total. The number of aryl methyl sites for hydroxylation is 1. The number of halogens is 3. The standard InChI is InChI=1S/C21H29BF3NO3/c1-13-6-9-16(11-17(13)22-28-19(2,3)20(4,5)29-22)26-18(27)15-8-7-14(10-15)12-21(23,24)25/h6,9,11,14-15H,7-8,10,12H2,1-5H3,(H,26,27). The number of hydrogen-bond donors (Lipinski definition) is 1. The average Bonchev–Trinajstić information content (AvgIpc) is 3.09. The van der Waals surface area contributed by atoms with Gasteiger partial charge in [0.25, 0.3) is 0 Å². The Labute approximate surface area is 170 Å². The van der Waals surface area contributed by atoms with E-state index in [1.54, 1.807) is 6.07 Å².